The van der Waals surface area contributed by atoms with Crippen molar-refractivity contribution in [3.05, 3.63) is 64.1 Å². The van der Waals surface area contributed by atoms with Crippen LogP contribution in [-0.2, 0) is 30.3 Å². The molecule has 7 atom stereocenters. The van der Waals surface area contributed by atoms with Crippen molar-refractivity contribution in [2.75, 3.05) is 27.5 Å². The summed E-state index contributed by atoms with van der Waals surface area (Å²) >= 11 is 1.25. The molecule has 0 unspecified atom stereocenters. The van der Waals surface area contributed by atoms with E-state index in [2.05, 4.69) is 27.5 Å². The summed E-state index contributed by atoms with van der Waals surface area (Å²) in [6.07, 6.45) is 3.81. The first kappa shape index (κ1) is 40.8. The van der Waals surface area contributed by atoms with Crippen molar-refractivity contribution in [3.8, 4) is 0 Å². The SMILES string of the molecule is C=C(C)[C@@H](C[C@@H](OCOC)c1nc(C(=O)N[C@@H](Cc2ccccc2)C[C@H](C)C(=O)O)cs1)NC(=O)[C@@H](NC(=O)[C@H]1CCCCN1C)[C@@H](C)CC. The molecule has 4 N–H and O–H groups in total. The van der Waals surface area contributed by atoms with Gasteiger partial charge in [0.15, 0.2) is 0 Å². The monoisotopic (exact) mass is 713 g/mol. The average molecular weight is 714 g/mol. The fourth-order valence-corrected chi connectivity index (χ4v) is 6.88. The number of piperidine rings is 1. The highest BCUT2D eigenvalue weighted by molar-refractivity contribution is 7.09. The molecule has 3 amide bonds. The number of carboxylic acid groups (broad SMARTS) is 1. The van der Waals surface area contributed by atoms with Crippen molar-refractivity contribution in [2.24, 2.45) is 11.8 Å². The van der Waals surface area contributed by atoms with Gasteiger partial charge < -0.3 is 30.5 Å². The number of aromatic nitrogens is 1. The minimum atomic E-state index is -0.930. The maximum Gasteiger partial charge on any atom is 0.306 e. The lowest BCUT2D eigenvalue weighted by molar-refractivity contribution is -0.141. The van der Waals surface area contributed by atoms with E-state index in [9.17, 15) is 24.3 Å². The molecule has 1 aliphatic rings. The fourth-order valence-electron chi connectivity index (χ4n) is 6.03. The van der Waals surface area contributed by atoms with Crippen molar-refractivity contribution < 1.29 is 33.8 Å². The number of benzene rings is 1. The first-order valence-corrected chi connectivity index (χ1v) is 18.3. The minimum absolute atomic E-state index is 0.0463. The van der Waals surface area contributed by atoms with Crippen molar-refractivity contribution in [3.63, 3.8) is 0 Å². The van der Waals surface area contributed by atoms with E-state index in [1.165, 1.54) is 18.4 Å². The first-order valence-electron chi connectivity index (χ1n) is 17.4. The molecule has 0 radical (unpaired) electrons. The summed E-state index contributed by atoms with van der Waals surface area (Å²) < 4.78 is 11.2. The number of carbonyl (C=O) groups excluding carboxylic acids is 3. The Kier molecular flexibility index (Phi) is 16.5. The summed E-state index contributed by atoms with van der Waals surface area (Å²) in [7, 11) is 3.44. The number of hydrogen-bond acceptors (Lipinski definition) is 9. The molecule has 2 aromatic rings. The lowest BCUT2D eigenvalue weighted by Gasteiger charge is -2.34. The molecular formula is C37H55N5O7S. The van der Waals surface area contributed by atoms with Gasteiger partial charge in [0.05, 0.1) is 18.0 Å². The third-order valence-electron chi connectivity index (χ3n) is 9.36. The van der Waals surface area contributed by atoms with Crippen molar-refractivity contribution in [1.82, 2.24) is 25.8 Å². The van der Waals surface area contributed by atoms with E-state index in [0.717, 1.165) is 31.4 Å². The number of rotatable bonds is 20. The number of hydrogen-bond donors (Lipinski definition) is 4. The summed E-state index contributed by atoms with van der Waals surface area (Å²) in [5.41, 5.74) is 1.85. The van der Waals surface area contributed by atoms with E-state index in [4.69, 9.17) is 9.47 Å². The number of thiazole rings is 1. The lowest BCUT2D eigenvalue weighted by atomic mass is 9.95. The highest BCUT2D eigenvalue weighted by atomic mass is 32.1. The molecule has 3 rings (SSSR count). The molecule has 0 spiro atoms. The largest absolute Gasteiger partial charge is 0.481 e. The number of aliphatic carboxylic acids is 1. The molecule has 13 heteroatoms. The molecule has 1 aromatic heterocycles. The Labute approximate surface area is 300 Å². The van der Waals surface area contributed by atoms with E-state index in [-0.39, 0.29) is 49.1 Å². The summed E-state index contributed by atoms with van der Waals surface area (Å²) in [6, 6.07) is 7.63. The average Bonchev–Trinajstić information content (AvgIpc) is 3.59. The van der Waals surface area contributed by atoms with Gasteiger partial charge in [-0.05, 0) is 57.7 Å². The minimum Gasteiger partial charge on any atom is -0.481 e. The molecule has 1 fully saturated rings. The number of carbonyl (C=O) groups is 4. The van der Waals surface area contributed by atoms with Gasteiger partial charge in [0.2, 0.25) is 11.8 Å². The van der Waals surface area contributed by atoms with Gasteiger partial charge in [0.25, 0.3) is 5.91 Å². The number of amides is 3. The number of likely N-dealkylation sites (N-methyl/N-ethyl adjacent to an activating group) is 1. The molecule has 1 saturated heterocycles. The van der Waals surface area contributed by atoms with Crippen LogP contribution in [0.15, 0.2) is 47.9 Å². The Morgan fingerprint density at radius 1 is 1.10 bits per heavy atom. The third-order valence-corrected chi connectivity index (χ3v) is 10.3. The molecule has 0 bridgehead atoms. The third kappa shape index (κ3) is 12.3. The maximum absolute atomic E-state index is 13.8. The number of nitrogens with one attached hydrogen (secondary N) is 3. The number of methoxy groups -OCH3 is 1. The van der Waals surface area contributed by atoms with E-state index in [1.54, 1.807) is 12.3 Å². The smallest absolute Gasteiger partial charge is 0.306 e. The van der Waals surface area contributed by atoms with Crippen LogP contribution in [-0.4, -0.2) is 90.3 Å². The van der Waals surface area contributed by atoms with Crippen LogP contribution >= 0.6 is 11.3 Å². The predicted octanol–water partition coefficient (Wildman–Crippen LogP) is 4.72. The molecular weight excluding hydrogens is 659 g/mol. The number of ether oxygens (including phenoxy) is 2. The van der Waals surface area contributed by atoms with Gasteiger partial charge in [0, 0.05) is 25.0 Å². The van der Waals surface area contributed by atoms with Crippen LogP contribution in [0.2, 0.25) is 0 Å². The van der Waals surface area contributed by atoms with Gasteiger partial charge in [0.1, 0.15) is 29.6 Å². The van der Waals surface area contributed by atoms with Crippen molar-refractivity contribution in [2.45, 2.75) is 103 Å². The zero-order valence-electron chi connectivity index (χ0n) is 30.3. The molecule has 1 aromatic carbocycles. The van der Waals surface area contributed by atoms with Crippen LogP contribution in [0.25, 0.3) is 0 Å². The Hall–Kier alpha value is -3.65. The first-order chi connectivity index (χ1) is 23.8. The van der Waals surface area contributed by atoms with Crippen LogP contribution in [0, 0.1) is 11.8 Å². The van der Waals surface area contributed by atoms with Crippen LogP contribution in [0.1, 0.15) is 93.4 Å². The van der Waals surface area contributed by atoms with E-state index in [1.807, 2.05) is 63.1 Å². The molecule has 1 aliphatic heterocycles. The Morgan fingerprint density at radius 2 is 1.82 bits per heavy atom. The van der Waals surface area contributed by atoms with E-state index < -0.39 is 42.0 Å². The highest BCUT2D eigenvalue weighted by Gasteiger charge is 2.34. The molecule has 0 aliphatic carbocycles. The van der Waals surface area contributed by atoms with Crippen LogP contribution in [0.5, 0.6) is 0 Å². The van der Waals surface area contributed by atoms with Gasteiger partial charge in [-0.15, -0.1) is 11.3 Å². The van der Waals surface area contributed by atoms with Gasteiger partial charge in [-0.2, -0.15) is 0 Å². The second-order valence-corrected chi connectivity index (χ2v) is 14.4. The van der Waals surface area contributed by atoms with Crippen molar-refractivity contribution in [1.29, 1.82) is 0 Å². The quantitative estimate of drug-likeness (QED) is 0.113. The highest BCUT2D eigenvalue weighted by Crippen LogP contribution is 2.28. The van der Waals surface area contributed by atoms with Gasteiger partial charge >= 0.3 is 5.97 Å². The van der Waals surface area contributed by atoms with Crippen molar-refractivity contribution >= 4 is 35.0 Å². The van der Waals surface area contributed by atoms with Crippen LogP contribution in [0.4, 0.5) is 0 Å². The zero-order valence-corrected chi connectivity index (χ0v) is 31.1. The molecule has 276 valence electrons. The summed E-state index contributed by atoms with van der Waals surface area (Å²) in [4.78, 5) is 58.8. The Morgan fingerprint density at radius 3 is 2.44 bits per heavy atom. The Bertz CT molecular complexity index is 1420. The topological polar surface area (TPSA) is 159 Å². The maximum atomic E-state index is 13.8. The van der Waals surface area contributed by atoms with Gasteiger partial charge in [-0.3, -0.25) is 24.1 Å². The molecule has 2 heterocycles. The molecule has 12 nitrogen and oxygen atoms in total. The number of nitrogens with zero attached hydrogens (tertiary/aromatic N) is 2. The van der Waals surface area contributed by atoms with E-state index >= 15 is 0 Å². The van der Waals surface area contributed by atoms with Gasteiger partial charge in [-0.1, -0.05) is 76.1 Å². The standard InChI is InChI=1S/C37H55N5O7S/c1-8-24(4)32(41-34(44)30-16-12-13-17-42(30)6)35(45)39-28(23(2)3)20-31(49-22-48-7)36-40-29(21-50-36)33(43)38-27(18-25(5)37(46)47)19-26-14-10-9-11-15-26/h9-11,14-15,21,24-25,27-28,30-32H,2,8,12-13,16-20,22H2,1,3-7H3,(H,38,43)(H,39,45)(H,41,44)(H,46,47)/t24-,25-,27+,28+,30+,31+,32-/m0/s1. The Balaban J connectivity index is 1.76. The summed E-state index contributed by atoms with van der Waals surface area (Å²) in [6.45, 7) is 12.3. The molecule has 50 heavy (non-hydrogen) atoms. The summed E-state index contributed by atoms with van der Waals surface area (Å²) in [5, 5.41) is 20.8. The fraction of sp³-hybridized carbons (Fsp3) is 0.595. The second-order valence-electron chi connectivity index (χ2n) is 13.5. The predicted molar refractivity (Wildman–Crippen MR) is 194 cm³/mol. The van der Waals surface area contributed by atoms with Crippen LogP contribution in [0.3, 0.4) is 0 Å². The normalized spacial score (nSPS) is 18.6. The van der Waals surface area contributed by atoms with Crippen LogP contribution < -0.4 is 16.0 Å². The van der Waals surface area contributed by atoms with Gasteiger partial charge in [-0.25, -0.2) is 4.98 Å². The van der Waals surface area contributed by atoms with E-state index in [0.29, 0.717) is 23.4 Å². The second kappa shape index (κ2) is 20.3. The number of carboxylic acids is 1. The zero-order chi connectivity index (χ0) is 36.8. The summed E-state index contributed by atoms with van der Waals surface area (Å²) in [5.74, 6) is -2.56. The number of likely N-dealkylation sites (tertiary alicyclic amines) is 1. The lowest BCUT2D eigenvalue weighted by Crippen LogP contribution is -2.57. The molecule has 0 saturated carbocycles.